The minimum absolute atomic E-state index is 0.0382. The molecular formula is C13H14F2N4O4S. The summed E-state index contributed by atoms with van der Waals surface area (Å²) in [6, 6.07) is 2.07. The number of amides is 2. The number of nitrogens with zero attached hydrogens (tertiary/aromatic N) is 2. The van der Waals surface area contributed by atoms with Crippen LogP contribution in [0.25, 0.3) is 0 Å². The predicted molar refractivity (Wildman–Crippen MR) is 79.9 cm³/mol. The molecule has 130 valence electrons. The summed E-state index contributed by atoms with van der Waals surface area (Å²) >= 11 is 0. The average molecular weight is 360 g/mol. The average Bonchev–Trinajstić information content (AvgIpc) is 2.87. The zero-order valence-electron chi connectivity index (χ0n) is 12.5. The van der Waals surface area contributed by atoms with Crippen molar-refractivity contribution in [3.8, 4) is 0 Å². The van der Waals surface area contributed by atoms with Crippen LogP contribution in [0.3, 0.4) is 0 Å². The van der Waals surface area contributed by atoms with Gasteiger partial charge in [-0.05, 0) is 30.2 Å². The minimum atomic E-state index is -3.32. The predicted octanol–water partition coefficient (Wildman–Crippen LogP) is 1.26. The van der Waals surface area contributed by atoms with Crippen molar-refractivity contribution in [2.45, 2.75) is 12.2 Å². The Kier molecular flexibility index (Phi) is 5.44. The minimum Gasteiger partial charge on any atom is -0.337 e. The van der Waals surface area contributed by atoms with Crippen molar-refractivity contribution in [3.63, 3.8) is 0 Å². The maximum Gasteiger partial charge on any atom is 0.329 e. The van der Waals surface area contributed by atoms with E-state index in [0.29, 0.717) is 0 Å². The molecule has 2 N–H and O–H groups in total. The molecular weight excluding hydrogens is 346 g/mol. The molecule has 2 amide bonds. The Balaban J connectivity index is 1.82. The number of anilines is 1. The van der Waals surface area contributed by atoms with Gasteiger partial charge in [0.2, 0.25) is 0 Å². The maximum absolute atomic E-state index is 13.4. The first-order chi connectivity index (χ1) is 11.2. The van der Waals surface area contributed by atoms with Crippen LogP contribution in [-0.4, -0.2) is 37.4 Å². The quantitative estimate of drug-likeness (QED) is 0.801. The number of hydrogen-bond acceptors (Lipinski definition) is 6. The second-order valence-electron chi connectivity index (χ2n) is 4.95. The van der Waals surface area contributed by atoms with Crippen molar-refractivity contribution in [2.24, 2.45) is 0 Å². The molecule has 0 atom stereocenters. The number of carbonyl (C=O) groups is 1. The second kappa shape index (κ2) is 7.34. The fourth-order valence-corrected chi connectivity index (χ4v) is 2.37. The molecule has 1 aromatic heterocycles. The summed E-state index contributed by atoms with van der Waals surface area (Å²) < 4.78 is 53.2. The molecule has 0 saturated carbocycles. The monoisotopic (exact) mass is 360 g/mol. The number of rotatable bonds is 6. The molecule has 0 fully saturated rings. The van der Waals surface area contributed by atoms with Gasteiger partial charge in [-0.1, -0.05) is 5.16 Å². The van der Waals surface area contributed by atoms with Crippen LogP contribution in [-0.2, 0) is 22.0 Å². The molecule has 0 aliphatic heterocycles. The van der Waals surface area contributed by atoms with Gasteiger partial charge in [0, 0.05) is 12.8 Å². The first-order valence-corrected chi connectivity index (χ1v) is 8.78. The van der Waals surface area contributed by atoms with Gasteiger partial charge < -0.3 is 9.84 Å². The van der Waals surface area contributed by atoms with E-state index >= 15 is 0 Å². The number of aromatic nitrogens is 2. The largest absolute Gasteiger partial charge is 0.337 e. The highest BCUT2D eigenvalue weighted by Gasteiger charge is 2.14. The van der Waals surface area contributed by atoms with Gasteiger partial charge >= 0.3 is 12.0 Å². The lowest BCUT2D eigenvalue weighted by Crippen LogP contribution is -2.30. The number of carbonyl (C=O) groups excluding carboxylic acids is 1. The van der Waals surface area contributed by atoms with Crippen molar-refractivity contribution in [3.05, 3.63) is 41.2 Å². The van der Waals surface area contributed by atoms with Crippen LogP contribution in [0.1, 0.15) is 11.4 Å². The summed E-state index contributed by atoms with van der Waals surface area (Å²) in [5.41, 5.74) is 0.128. The zero-order valence-corrected chi connectivity index (χ0v) is 13.4. The van der Waals surface area contributed by atoms with Crippen LogP contribution in [0, 0.1) is 11.6 Å². The molecule has 24 heavy (non-hydrogen) atoms. The maximum atomic E-state index is 13.4. The number of sulfone groups is 1. The molecule has 0 spiro atoms. The Labute approximate surface area is 136 Å². The summed E-state index contributed by atoms with van der Waals surface area (Å²) in [7, 11) is -3.32. The summed E-state index contributed by atoms with van der Waals surface area (Å²) in [5.74, 6) is -1.64. The Morgan fingerprint density at radius 2 is 2.08 bits per heavy atom. The van der Waals surface area contributed by atoms with Gasteiger partial charge in [-0.2, -0.15) is 4.98 Å². The molecule has 8 nitrogen and oxygen atoms in total. The molecule has 0 unspecified atom stereocenters. The van der Waals surface area contributed by atoms with Crippen molar-refractivity contribution in [1.29, 1.82) is 0 Å². The molecule has 0 aliphatic rings. The summed E-state index contributed by atoms with van der Waals surface area (Å²) in [6.07, 6.45) is 1.09. The molecule has 1 aromatic carbocycles. The third kappa shape index (κ3) is 5.57. The van der Waals surface area contributed by atoms with Crippen LogP contribution in [0.15, 0.2) is 22.7 Å². The van der Waals surface area contributed by atoms with Crippen LogP contribution >= 0.6 is 0 Å². The fraction of sp³-hybridized carbons (Fsp3) is 0.308. The highest BCUT2D eigenvalue weighted by Crippen LogP contribution is 2.10. The first kappa shape index (κ1) is 17.8. The van der Waals surface area contributed by atoms with E-state index in [9.17, 15) is 22.0 Å². The van der Waals surface area contributed by atoms with Crippen LogP contribution in [0.5, 0.6) is 0 Å². The first-order valence-electron chi connectivity index (χ1n) is 6.72. The Bertz CT molecular complexity index is 838. The molecule has 0 radical (unpaired) electrons. The standard InChI is InChI=1S/C13H14F2N4O4S/c1-24(21,22)7-11-17-13(23-19-11)18-12(20)16-5-4-8-6-9(14)2-3-10(8)15/h2-3,6H,4-5,7H2,1H3,(H2,16,17,18,19,20). The van der Waals surface area contributed by atoms with Crippen LogP contribution in [0.4, 0.5) is 19.6 Å². The van der Waals surface area contributed by atoms with E-state index in [0.717, 1.165) is 24.5 Å². The number of urea groups is 1. The zero-order chi connectivity index (χ0) is 17.7. The summed E-state index contributed by atoms with van der Waals surface area (Å²) in [4.78, 5) is 15.3. The normalized spacial score (nSPS) is 11.3. The second-order valence-corrected chi connectivity index (χ2v) is 7.09. The third-order valence-corrected chi connectivity index (χ3v) is 3.55. The van der Waals surface area contributed by atoms with E-state index in [-0.39, 0.29) is 30.4 Å². The van der Waals surface area contributed by atoms with Crippen molar-refractivity contribution in [1.82, 2.24) is 15.5 Å². The van der Waals surface area contributed by atoms with Crippen molar-refractivity contribution < 1.29 is 26.5 Å². The van der Waals surface area contributed by atoms with Gasteiger partial charge in [-0.25, -0.2) is 22.0 Å². The van der Waals surface area contributed by atoms with Crippen LogP contribution < -0.4 is 10.6 Å². The van der Waals surface area contributed by atoms with Gasteiger partial charge in [0.1, 0.15) is 17.4 Å². The lowest BCUT2D eigenvalue weighted by atomic mass is 10.1. The topological polar surface area (TPSA) is 114 Å². The third-order valence-electron chi connectivity index (χ3n) is 2.77. The molecule has 0 saturated heterocycles. The van der Waals surface area contributed by atoms with Crippen molar-refractivity contribution >= 4 is 21.9 Å². The van der Waals surface area contributed by atoms with Gasteiger partial charge in [0.15, 0.2) is 15.7 Å². The number of nitrogens with one attached hydrogen (secondary N) is 2. The highest BCUT2D eigenvalue weighted by molar-refractivity contribution is 7.89. The van der Waals surface area contributed by atoms with Crippen LogP contribution in [0.2, 0.25) is 0 Å². The number of benzene rings is 1. The fourth-order valence-electron chi connectivity index (χ4n) is 1.78. The molecule has 11 heteroatoms. The molecule has 1 heterocycles. The van der Waals surface area contributed by atoms with Gasteiger partial charge in [-0.3, -0.25) is 5.32 Å². The van der Waals surface area contributed by atoms with E-state index in [1.165, 1.54) is 0 Å². The van der Waals surface area contributed by atoms with E-state index < -0.39 is 33.3 Å². The Morgan fingerprint density at radius 1 is 1.33 bits per heavy atom. The highest BCUT2D eigenvalue weighted by atomic mass is 32.2. The number of hydrogen-bond donors (Lipinski definition) is 2. The lowest BCUT2D eigenvalue weighted by molar-refractivity contribution is 0.251. The Hall–Kier alpha value is -2.56. The van der Waals surface area contributed by atoms with Gasteiger partial charge in [0.25, 0.3) is 0 Å². The smallest absolute Gasteiger partial charge is 0.329 e. The summed E-state index contributed by atoms with van der Waals surface area (Å²) in [6.45, 7) is 0.0382. The lowest BCUT2D eigenvalue weighted by Gasteiger charge is -2.05. The van der Waals surface area contributed by atoms with E-state index in [4.69, 9.17) is 0 Å². The molecule has 0 aliphatic carbocycles. The summed E-state index contributed by atoms with van der Waals surface area (Å²) in [5, 5.41) is 8.01. The van der Waals surface area contributed by atoms with Gasteiger partial charge in [0.05, 0.1) is 0 Å². The van der Waals surface area contributed by atoms with E-state index in [1.54, 1.807) is 0 Å². The molecule has 2 rings (SSSR count). The molecule has 2 aromatic rings. The SMILES string of the molecule is CS(=O)(=O)Cc1noc(NC(=O)NCCc2cc(F)ccc2F)n1. The molecule has 0 bridgehead atoms. The van der Waals surface area contributed by atoms with Gasteiger partial charge in [-0.15, -0.1) is 0 Å². The van der Waals surface area contributed by atoms with E-state index in [1.807, 2.05) is 0 Å². The Morgan fingerprint density at radius 3 is 2.79 bits per heavy atom. The number of halogens is 2. The van der Waals surface area contributed by atoms with E-state index in [2.05, 4.69) is 25.3 Å². The van der Waals surface area contributed by atoms with Crippen molar-refractivity contribution in [2.75, 3.05) is 18.1 Å².